The van der Waals surface area contributed by atoms with Crippen LogP contribution in [0.1, 0.15) is 32.2 Å². The Hall–Kier alpha value is -2.56. The van der Waals surface area contributed by atoms with E-state index < -0.39 is 8.07 Å². The largest absolute Gasteiger partial charge is 0.419 e. The van der Waals surface area contributed by atoms with Gasteiger partial charge in [0.2, 0.25) is 5.89 Å². The minimum absolute atomic E-state index is 0.301. The fourth-order valence-corrected chi connectivity index (χ4v) is 4.77. The van der Waals surface area contributed by atoms with Crippen molar-refractivity contribution in [1.29, 1.82) is 0 Å². The quantitative estimate of drug-likeness (QED) is 0.187. The van der Waals surface area contributed by atoms with Crippen molar-refractivity contribution in [3.05, 3.63) is 69.0 Å². The highest BCUT2D eigenvalue weighted by atomic mass is 35.5. The summed E-state index contributed by atoms with van der Waals surface area (Å²) in [5, 5.41) is 15.2. The Bertz CT molecular complexity index is 1470. The van der Waals surface area contributed by atoms with Crippen LogP contribution in [0.5, 0.6) is 0 Å². The second-order valence-electron chi connectivity index (χ2n) is 10.6. The molecule has 0 atom stereocenters. The first-order valence-corrected chi connectivity index (χ1v) is 16.1. The Kier molecular flexibility index (Phi) is 7.41. The van der Waals surface area contributed by atoms with Crippen LogP contribution in [0.25, 0.3) is 28.5 Å². The number of benzene rings is 2. The van der Waals surface area contributed by atoms with Crippen molar-refractivity contribution in [1.82, 2.24) is 20.0 Å². The molecule has 0 aliphatic carbocycles. The molecule has 2 heterocycles. The van der Waals surface area contributed by atoms with E-state index in [-0.39, 0.29) is 5.41 Å². The molecule has 36 heavy (non-hydrogen) atoms. The van der Waals surface area contributed by atoms with Crippen molar-refractivity contribution in [3.8, 4) is 40.0 Å². The van der Waals surface area contributed by atoms with Crippen LogP contribution in [0, 0.1) is 11.5 Å². The molecule has 0 amide bonds. The number of halogens is 3. The summed E-state index contributed by atoms with van der Waals surface area (Å²) in [5.41, 5.74) is 7.00. The van der Waals surface area contributed by atoms with E-state index in [0.717, 1.165) is 16.8 Å². The van der Waals surface area contributed by atoms with Crippen LogP contribution in [0.15, 0.2) is 46.9 Å². The van der Waals surface area contributed by atoms with Gasteiger partial charge >= 0.3 is 0 Å². The summed E-state index contributed by atoms with van der Waals surface area (Å²) in [5.74, 6) is 4.26. The summed E-state index contributed by atoms with van der Waals surface area (Å²) in [6.45, 7) is 12.7. The molecule has 0 aliphatic rings. The molecule has 0 fully saturated rings. The van der Waals surface area contributed by atoms with Gasteiger partial charge in [-0.05, 0) is 30.3 Å². The number of nitrogens with zero attached hydrogens (tertiary/aromatic N) is 4. The van der Waals surface area contributed by atoms with E-state index >= 15 is 0 Å². The number of aromatic nitrogens is 4. The highest BCUT2D eigenvalue weighted by Gasteiger charge is 2.28. The SMILES string of the molecule is CC(C)(C)c1nnc(-c2nn(-c3ccc(Cl)cc3Cl)c(-c3ccc(Cl)cc3)c2CC#C[Si](C)(C)C)o1. The van der Waals surface area contributed by atoms with Crippen molar-refractivity contribution in [2.24, 2.45) is 0 Å². The van der Waals surface area contributed by atoms with Gasteiger partial charge in [-0.2, -0.15) is 5.10 Å². The van der Waals surface area contributed by atoms with Crippen LogP contribution in [0.2, 0.25) is 34.7 Å². The zero-order chi connectivity index (χ0) is 26.3. The lowest BCUT2D eigenvalue weighted by Gasteiger charge is -2.11. The third kappa shape index (κ3) is 5.87. The van der Waals surface area contributed by atoms with Crippen LogP contribution < -0.4 is 0 Å². The smallest absolute Gasteiger partial charge is 0.268 e. The van der Waals surface area contributed by atoms with Crippen LogP contribution >= 0.6 is 34.8 Å². The van der Waals surface area contributed by atoms with E-state index in [0.29, 0.717) is 44.7 Å². The molecular weight excluding hydrogens is 531 g/mol. The predicted octanol–water partition coefficient (Wildman–Crippen LogP) is 8.27. The molecule has 5 nitrogen and oxygen atoms in total. The summed E-state index contributed by atoms with van der Waals surface area (Å²) in [7, 11) is -1.60. The first-order valence-electron chi connectivity index (χ1n) is 11.5. The van der Waals surface area contributed by atoms with Crippen LogP contribution in [-0.2, 0) is 11.8 Å². The molecule has 2 aromatic carbocycles. The van der Waals surface area contributed by atoms with E-state index in [1.165, 1.54) is 0 Å². The van der Waals surface area contributed by atoms with Crippen LogP contribution in [0.4, 0.5) is 0 Å². The fourth-order valence-electron chi connectivity index (χ4n) is 3.54. The second kappa shape index (κ2) is 10.1. The maximum Gasteiger partial charge on any atom is 0.268 e. The first kappa shape index (κ1) is 26.5. The molecule has 0 bridgehead atoms. The molecule has 0 unspecified atom stereocenters. The maximum absolute atomic E-state index is 6.64. The minimum atomic E-state index is -1.60. The third-order valence-corrected chi connectivity index (χ3v) is 6.95. The standard InChI is InChI=1S/C27H27Cl3N4OSi/c1-27(2,3)26-32-31-25(35-26)23-20(8-7-15-36(4,5)6)24(17-9-11-18(28)12-10-17)34(33-23)22-14-13-19(29)16-21(22)30/h9-14,16H,8H2,1-6H3. The molecular formula is C27H27Cl3N4OSi. The molecule has 2 aromatic heterocycles. The second-order valence-corrected chi connectivity index (χ2v) is 16.6. The van der Waals surface area contributed by atoms with E-state index in [1.54, 1.807) is 16.8 Å². The highest BCUT2D eigenvalue weighted by Crippen LogP contribution is 2.37. The molecule has 0 saturated carbocycles. The monoisotopic (exact) mass is 556 g/mol. The van der Waals surface area contributed by atoms with Crippen molar-refractivity contribution >= 4 is 42.9 Å². The summed E-state index contributed by atoms with van der Waals surface area (Å²) < 4.78 is 7.91. The number of hydrogen-bond donors (Lipinski definition) is 0. The molecule has 4 aromatic rings. The molecule has 0 N–H and O–H groups in total. The lowest BCUT2D eigenvalue weighted by molar-refractivity contribution is 0.398. The van der Waals surface area contributed by atoms with Crippen LogP contribution in [-0.4, -0.2) is 28.1 Å². The van der Waals surface area contributed by atoms with E-state index in [2.05, 4.69) is 41.3 Å². The molecule has 9 heteroatoms. The van der Waals surface area contributed by atoms with E-state index in [4.69, 9.17) is 44.3 Å². The van der Waals surface area contributed by atoms with Gasteiger partial charge in [-0.3, -0.25) is 0 Å². The van der Waals surface area contributed by atoms with Gasteiger partial charge in [0.05, 0.1) is 16.4 Å². The van der Waals surface area contributed by atoms with E-state index in [1.807, 2.05) is 51.1 Å². The van der Waals surface area contributed by atoms with Crippen molar-refractivity contribution in [2.45, 2.75) is 52.2 Å². The maximum atomic E-state index is 6.64. The average molecular weight is 558 g/mol. The van der Waals surface area contributed by atoms with E-state index in [9.17, 15) is 0 Å². The van der Waals surface area contributed by atoms with Crippen molar-refractivity contribution in [2.75, 3.05) is 0 Å². The van der Waals surface area contributed by atoms with Gasteiger partial charge in [-0.15, -0.1) is 21.7 Å². The molecule has 0 saturated heterocycles. The van der Waals surface area contributed by atoms with Gasteiger partial charge in [0.1, 0.15) is 8.07 Å². The normalized spacial score (nSPS) is 11.9. The summed E-state index contributed by atoms with van der Waals surface area (Å²) in [4.78, 5) is 0. The zero-order valence-corrected chi connectivity index (χ0v) is 24.3. The minimum Gasteiger partial charge on any atom is -0.419 e. The Morgan fingerprint density at radius 2 is 1.61 bits per heavy atom. The Morgan fingerprint density at radius 1 is 0.944 bits per heavy atom. The molecule has 4 rings (SSSR count). The van der Waals surface area contributed by atoms with Crippen molar-refractivity contribution < 1.29 is 4.42 Å². The zero-order valence-electron chi connectivity index (χ0n) is 21.1. The number of rotatable bonds is 4. The lowest BCUT2D eigenvalue weighted by atomic mass is 9.97. The molecule has 0 radical (unpaired) electrons. The Morgan fingerprint density at radius 3 is 2.19 bits per heavy atom. The molecule has 0 aliphatic heterocycles. The predicted molar refractivity (Wildman–Crippen MR) is 151 cm³/mol. The summed E-state index contributed by atoms with van der Waals surface area (Å²) in [6.07, 6.45) is 0.454. The van der Waals surface area contributed by atoms with Gasteiger partial charge in [0.25, 0.3) is 5.89 Å². The highest BCUT2D eigenvalue weighted by molar-refractivity contribution is 6.83. The first-order chi connectivity index (χ1) is 16.8. The van der Waals surface area contributed by atoms with Crippen LogP contribution in [0.3, 0.4) is 0 Å². The number of hydrogen-bond acceptors (Lipinski definition) is 4. The van der Waals surface area contributed by atoms with Gasteiger partial charge in [0.15, 0.2) is 5.69 Å². The van der Waals surface area contributed by atoms with Gasteiger partial charge in [0, 0.05) is 33.0 Å². The fraction of sp³-hybridized carbons (Fsp3) is 0.296. The Balaban J connectivity index is 2.03. The third-order valence-electron chi connectivity index (χ3n) is 5.24. The van der Waals surface area contributed by atoms with Gasteiger partial charge < -0.3 is 4.42 Å². The lowest BCUT2D eigenvalue weighted by Crippen LogP contribution is -2.16. The summed E-state index contributed by atoms with van der Waals surface area (Å²) in [6, 6.07) is 12.9. The summed E-state index contributed by atoms with van der Waals surface area (Å²) >= 11 is 19.0. The average Bonchev–Trinajstić information content (AvgIpc) is 3.39. The Labute approximate surface area is 227 Å². The topological polar surface area (TPSA) is 56.7 Å². The van der Waals surface area contributed by atoms with Crippen molar-refractivity contribution in [3.63, 3.8) is 0 Å². The molecule has 0 spiro atoms. The van der Waals surface area contributed by atoms with Gasteiger partial charge in [-0.25, -0.2) is 4.68 Å². The molecule has 186 valence electrons. The van der Waals surface area contributed by atoms with Gasteiger partial charge in [-0.1, -0.05) is 87.3 Å².